The van der Waals surface area contributed by atoms with Crippen LogP contribution in [0.1, 0.15) is 30.4 Å². The molecule has 1 aliphatic rings. The normalized spacial score (nSPS) is 18.4. The van der Waals surface area contributed by atoms with Crippen LogP contribution in [0.5, 0.6) is 0 Å². The highest BCUT2D eigenvalue weighted by molar-refractivity contribution is 5.90. The van der Waals surface area contributed by atoms with Crippen LogP contribution in [-0.4, -0.2) is 21.5 Å². The molecule has 0 radical (unpaired) electrons. The second-order valence-corrected chi connectivity index (χ2v) is 5.62. The molecule has 3 heterocycles. The molecule has 106 valence electrons. The second-order valence-electron chi connectivity index (χ2n) is 5.62. The fourth-order valence-electron chi connectivity index (χ4n) is 3.09. The van der Waals surface area contributed by atoms with Crippen LogP contribution in [0.3, 0.4) is 0 Å². The summed E-state index contributed by atoms with van der Waals surface area (Å²) >= 11 is 0. The zero-order chi connectivity index (χ0) is 14.2. The van der Waals surface area contributed by atoms with Gasteiger partial charge in [0.1, 0.15) is 5.82 Å². The number of nitrogens with one attached hydrogen (secondary N) is 2. The number of hydrogen-bond donors (Lipinski definition) is 2. The van der Waals surface area contributed by atoms with Crippen molar-refractivity contribution >= 4 is 11.0 Å². The number of fused-ring (bicyclic) bond motifs is 1. The van der Waals surface area contributed by atoms with E-state index < -0.39 is 0 Å². The first-order chi connectivity index (χ1) is 10.3. The summed E-state index contributed by atoms with van der Waals surface area (Å²) in [6.45, 7) is 3.04. The summed E-state index contributed by atoms with van der Waals surface area (Å²) in [5, 5.41) is 3.53. The molecule has 1 fully saturated rings. The van der Waals surface area contributed by atoms with E-state index in [-0.39, 0.29) is 0 Å². The first kappa shape index (κ1) is 12.5. The van der Waals surface area contributed by atoms with Crippen LogP contribution in [0, 0.1) is 6.92 Å². The Bertz CT molecular complexity index is 770. The SMILES string of the molecule is Cc1nc(-c2ccccc2)c2[nH]c([C@@H]3CCCN3)cc2n1. The van der Waals surface area contributed by atoms with Crippen LogP contribution >= 0.6 is 0 Å². The van der Waals surface area contributed by atoms with Crippen molar-refractivity contribution in [3.63, 3.8) is 0 Å². The monoisotopic (exact) mass is 278 g/mol. The molecule has 0 aliphatic carbocycles. The minimum absolute atomic E-state index is 0.420. The largest absolute Gasteiger partial charge is 0.354 e. The quantitative estimate of drug-likeness (QED) is 0.755. The number of H-pyrrole nitrogens is 1. The number of rotatable bonds is 2. The summed E-state index contributed by atoms with van der Waals surface area (Å²) in [5.74, 6) is 0.811. The highest BCUT2D eigenvalue weighted by Crippen LogP contribution is 2.30. The third-order valence-corrected chi connectivity index (χ3v) is 4.09. The topological polar surface area (TPSA) is 53.6 Å². The van der Waals surface area contributed by atoms with E-state index in [1.165, 1.54) is 18.5 Å². The van der Waals surface area contributed by atoms with Crippen LogP contribution in [0.15, 0.2) is 36.4 Å². The summed E-state index contributed by atoms with van der Waals surface area (Å²) in [4.78, 5) is 12.8. The third kappa shape index (κ3) is 2.21. The Morgan fingerprint density at radius 2 is 2.00 bits per heavy atom. The predicted octanol–water partition coefficient (Wildman–Crippen LogP) is 3.36. The lowest BCUT2D eigenvalue weighted by molar-refractivity contribution is 0.633. The minimum Gasteiger partial charge on any atom is -0.354 e. The lowest BCUT2D eigenvalue weighted by atomic mass is 10.1. The molecular weight excluding hydrogens is 260 g/mol. The minimum atomic E-state index is 0.420. The van der Waals surface area contributed by atoms with Gasteiger partial charge < -0.3 is 10.3 Å². The van der Waals surface area contributed by atoms with Crippen LogP contribution in [-0.2, 0) is 0 Å². The molecule has 1 atom stereocenters. The standard InChI is InChI=1S/C17H18N4/c1-11-19-15-10-14(13-8-5-9-18-13)21-17(15)16(20-11)12-6-3-2-4-7-12/h2-4,6-7,10,13,18,21H,5,8-9H2,1H3/t13-/m0/s1. The van der Waals surface area contributed by atoms with Gasteiger partial charge >= 0.3 is 0 Å². The van der Waals surface area contributed by atoms with Crippen molar-refractivity contribution in [2.45, 2.75) is 25.8 Å². The zero-order valence-corrected chi connectivity index (χ0v) is 12.1. The molecule has 1 aliphatic heterocycles. The van der Waals surface area contributed by atoms with Crippen LogP contribution in [0.2, 0.25) is 0 Å². The fraction of sp³-hybridized carbons (Fsp3) is 0.294. The number of aryl methyl sites for hydroxylation is 1. The summed E-state index contributed by atoms with van der Waals surface area (Å²) < 4.78 is 0. The van der Waals surface area contributed by atoms with Gasteiger partial charge in [-0.15, -0.1) is 0 Å². The van der Waals surface area contributed by atoms with Crippen LogP contribution in [0.25, 0.3) is 22.3 Å². The molecule has 4 nitrogen and oxygen atoms in total. The molecule has 21 heavy (non-hydrogen) atoms. The Kier molecular flexibility index (Phi) is 2.97. The first-order valence-corrected chi connectivity index (χ1v) is 7.47. The molecule has 2 N–H and O–H groups in total. The van der Waals surface area contributed by atoms with Crippen molar-refractivity contribution in [1.82, 2.24) is 20.3 Å². The predicted molar refractivity (Wildman–Crippen MR) is 84.0 cm³/mol. The third-order valence-electron chi connectivity index (χ3n) is 4.09. The van der Waals surface area contributed by atoms with E-state index in [0.29, 0.717) is 6.04 Å². The zero-order valence-electron chi connectivity index (χ0n) is 12.1. The van der Waals surface area contributed by atoms with Crippen LogP contribution in [0.4, 0.5) is 0 Å². The molecule has 0 saturated carbocycles. The van der Waals surface area contributed by atoms with Crippen molar-refractivity contribution in [3.05, 3.63) is 47.9 Å². The molecule has 4 rings (SSSR count). The molecule has 0 bridgehead atoms. The number of aromatic amines is 1. The second kappa shape index (κ2) is 4.97. The molecule has 0 amide bonds. The molecule has 1 aromatic carbocycles. The highest BCUT2D eigenvalue weighted by Gasteiger charge is 2.20. The van der Waals surface area contributed by atoms with E-state index in [1.54, 1.807) is 0 Å². The maximum absolute atomic E-state index is 4.65. The maximum Gasteiger partial charge on any atom is 0.126 e. The Morgan fingerprint density at radius 1 is 1.14 bits per heavy atom. The number of benzene rings is 1. The van der Waals surface area contributed by atoms with E-state index in [4.69, 9.17) is 0 Å². The van der Waals surface area contributed by atoms with Gasteiger partial charge in [0.05, 0.1) is 16.7 Å². The maximum atomic E-state index is 4.65. The van der Waals surface area contributed by atoms with Gasteiger partial charge in [-0.2, -0.15) is 0 Å². The molecule has 0 unspecified atom stereocenters. The Balaban J connectivity index is 1.89. The number of hydrogen-bond acceptors (Lipinski definition) is 3. The highest BCUT2D eigenvalue weighted by atomic mass is 15.0. The number of aromatic nitrogens is 3. The van der Waals surface area contributed by atoms with Crippen molar-refractivity contribution in [1.29, 1.82) is 0 Å². The molecule has 4 heteroatoms. The summed E-state index contributed by atoms with van der Waals surface area (Å²) in [7, 11) is 0. The van der Waals surface area contributed by atoms with E-state index in [2.05, 4.69) is 38.5 Å². The van der Waals surface area contributed by atoms with Gasteiger partial charge in [-0.3, -0.25) is 0 Å². The Morgan fingerprint density at radius 3 is 2.76 bits per heavy atom. The summed E-state index contributed by atoms with van der Waals surface area (Å²) in [6, 6.07) is 12.9. The Labute approximate surface area is 123 Å². The van der Waals surface area contributed by atoms with Crippen molar-refractivity contribution < 1.29 is 0 Å². The fourth-order valence-corrected chi connectivity index (χ4v) is 3.09. The van der Waals surface area contributed by atoms with Crippen molar-refractivity contribution in [2.24, 2.45) is 0 Å². The molecule has 3 aromatic rings. The van der Waals surface area contributed by atoms with Crippen molar-refractivity contribution in [2.75, 3.05) is 6.54 Å². The lowest BCUT2D eigenvalue weighted by Gasteiger charge is -2.06. The van der Waals surface area contributed by atoms with Gasteiger partial charge in [-0.25, -0.2) is 9.97 Å². The van der Waals surface area contributed by atoms with Gasteiger partial charge in [-0.05, 0) is 32.4 Å². The van der Waals surface area contributed by atoms with Gasteiger partial charge in [0.25, 0.3) is 0 Å². The van der Waals surface area contributed by atoms with Gasteiger partial charge in [0.2, 0.25) is 0 Å². The van der Waals surface area contributed by atoms with Crippen LogP contribution < -0.4 is 5.32 Å². The number of nitrogens with zero attached hydrogens (tertiary/aromatic N) is 2. The van der Waals surface area contributed by atoms with Gasteiger partial charge in [0, 0.05) is 17.3 Å². The molecular formula is C17H18N4. The van der Waals surface area contributed by atoms with E-state index in [1.807, 2.05) is 25.1 Å². The van der Waals surface area contributed by atoms with E-state index in [9.17, 15) is 0 Å². The molecule has 2 aromatic heterocycles. The smallest absolute Gasteiger partial charge is 0.126 e. The first-order valence-electron chi connectivity index (χ1n) is 7.47. The Hall–Kier alpha value is -2.20. The molecule has 0 spiro atoms. The van der Waals surface area contributed by atoms with E-state index in [0.717, 1.165) is 34.7 Å². The average molecular weight is 278 g/mol. The van der Waals surface area contributed by atoms with Gasteiger partial charge in [-0.1, -0.05) is 30.3 Å². The lowest BCUT2D eigenvalue weighted by Crippen LogP contribution is -2.12. The van der Waals surface area contributed by atoms with Gasteiger partial charge in [0.15, 0.2) is 0 Å². The van der Waals surface area contributed by atoms with E-state index >= 15 is 0 Å². The average Bonchev–Trinajstić information content (AvgIpc) is 3.16. The van der Waals surface area contributed by atoms with Crippen molar-refractivity contribution in [3.8, 4) is 11.3 Å². The summed E-state index contributed by atoms with van der Waals surface area (Å²) in [6.07, 6.45) is 2.41. The summed E-state index contributed by atoms with van der Waals surface area (Å²) in [5.41, 5.74) is 5.38. The molecule has 1 saturated heterocycles.